The van der Waals surface area contributed by atoms with Crippen molar-refractivity contribution >= 4 is 11.8 Å². The van der Waals surface area contributed by atoms with Crippen molar-refractivity contribution in [1.29, 1.82) is 0 Å². The Morgan fingerprint density at radius 3 is 2.00 bits per heavy atom. The highest BCUT2D eigenvalue weighted by Crippen LogP contribution is 2.34. The molecule has 1 N–H and O–H groups in total. The Morgan fingerprint density at radius 2 is 1.50 bits per heavy atom. The van der Waals surface area contributed by atoms with Crippen LogP contribution in [-0.4, -0.2) is 29.8 Å². The molecule has 0 aromatic heterocycles. The van der Waals surface area contributed by atoms with Crippen LogP contribution in [0.15, 0.2) is 54.6 Å². The largest absolute Gasteiger partial charge is 0.416 e. The second-order valence-electron chi connectivity index (χ2n) is 9.36. The van der Waals surface area contributed by atoms with E-state index in [0.717, 1.165) is 17.7 Å². The van der Waals surface area contributed by atoms with Crippen LogP contribution in [0.3, 0.4) is 0 Å². The number of halogens is 3. The Labute approximate surface area is 186 Å². The first-order valence-corrected chi connectivity index (χ1v) is 10.8. The fourth-order valence-electron chi connectivity index (χ4n) is 4.03. The van der Waals surface area contributed by atoms with Crippen LogP contribution in [0.2, 0.25) is 0 Å². The van der Waals surface area contributed by atoms with E-state index in [1.54, 1.807) is 4.90 Å². The number of carbonyl (C=O) groups is 2. The fraction of sp³-hybridized carbons (Fsp3) is 0.440. The number of rotatable bonds is 4. The number of piperidine rings is 1. The molecule has 2 aromatic carbocycles. The van der Waals surface area contributed by atoms with E-state index in [2.05, 4.69) is 26.1 Å². The van der Waals surface area contributed by atoms with Gasteiger partial charge in [-0.15, -0.1) is 0 Å². The first kappa shape index (κ1) is 23.8. The van der Waals surface area contributed by atoms with E-state index in [1.165, 1.54) is 12.1 Å². The average molecular weight is 447 g/mol. The molecule has 0 radical (unpaired) electrons. The highest BCUT2D eigenvalue weighted by molar-refractivity contribution is 5.94. The summed E-state index contributed by atoms with van der Waals surface area (Å²) in [5.41, 5.74) is 0.313. The van der Waals surface area contributed by atoms with Gasteiger partial charge in [0, 0.05) is 24.6 Å². The predicted molar refractivity (Wildman–Crippen MR) is 117 cm³/mol. The maximum Gasteiger partial charge on any atom is 0.416 e. The number of hydrogen-bond acceptors (Lipinski definition) is 2. The number of amides is 2. The molecule has 2 aromatic rings. The molecule has 1 saturated heterocycles. The molecular weight excluding hydrogens is 417 g/mol. The quantitative estimate of drug-likeness (QED) is 0.678. The maximum atomic E-state index is 13.0. The number of hydrogen-bond donors (Lipinski definition) is 1. The smallest absolute Gasteiger partial charge is 0.349 e. The van der Waals surface area contributed by atoms with E-state index in [4.69, 9.17) is 0 Å². The molecule has 1 unspecified atom stereocenters. The molecule has 7 heteroatoms. The van der Waals surface area contributed by atoms with Gasteiger partial charge in [0.05, 0.1) is 11.6 Å². The first-order valence-electron chi connectivity index (χ1n) is 10.8. The zero-order valence-electron chi connectivity index (χ0n) is 18.6. The van der Waals surface area contributed by atoms with E-state index in [1.807, 2.05) is 30.3 Å². The van der Waals surface area contributed by atoms with Gasteiger partial charge < -0.3 is 10.2 Å². The summed E-state index contributed by atoms with van der Waals surface area (Å²) in [6, 6.07) is 14.0. The molecule has 1 atom stereocenters. The van der Waals surface area contributed by atoms with Crippen LogP contribution >= 0.6 is 0 Å². The maximum absolute atomic E-state index is 13.0. The summed E-state index contributed by atoms with van der Waals surface area (Å²) in [5, 5.41) is 3.19. The van der Waals surface area contributed by atoms with Crippen molar-refractivity contribution < 1.29 is 22.8 Å². The highest BCUT2D eigenvalue weighted by Gasteiger charge is 2.33. The summed E-state index contributed by atoms with van der Waals surface area (Å²) in [6.07, 6.45) is -3.40. The minimum atomic E-state index is -4.43. The van der Waals surface area contributed by atoms with Gasteiger partial charge in [0.25, 0.3) is 5.91 Å². The minimum Gasteiger partial charge on any atom is -0.349 e. The number of nitrogens with zero attached hydrogens (tertiary/aromatic N) is 1. The lowest BCUT2D eigenvalue weighted by atomic mass is 9.81. The van der Waals surface area contributed by atoms with Crippen molar-refractivity contribution in [3.63, 3.8) is 0 Å². The molecule has 1 aliphatic heterocycles. The Bertz CT molecular complexity index is 926. The lowest BCUT2D eigenvalue weighted by Gasteiger charge is -2.35. The second-order valence-corrected chi connectivity index (χ2v) is 9.36. The van der Waals surface area contributed by atoms with Crippen LogP contribution in [0.25, 0.3) is 0 Å². The van der Waals surface area contributed by atoms with E-state index in [0.29, 0.717) is 25.9 Å². The zero-order valence-corrected chi connectivity index (χ0v) is 18.6. The van der Waals surface area contributed by atoms with Gasteiger partial charge in [-0.3, -0.25) is 9.59 Å². The fourth-order valence-corrected chi connectivity index (χ4v) is 4.03. The third-order valence-corrected chi connectivity index (χ3v) is 5.90. The molecule has 172 valence electrons. The van der Waals surface area contributed by atoms with Crippen molar-refractivity contribution in [1.82, 2.24) is 10.2 Å². The van der Waals surface area contributed by atoms with Crippen LogP contribution < -0.4 is 5.32 Å². The molecule has 0 bridgehead atoms. The SMILES string of the molecule is CC(C)(C)C(NC(=O)C1CCN(C(=O)c2ccc(C(F)(F)F)cc2)CC1)c1ccccc1. The monoisotopic (exact) mass is 446 g/mol. The van der Waals surface area contributed by atoms with Crippen molar-refractivity contribution in [2.24, 2.45) is 11.3 Å². The molecule has 0 aliphatic carbocycles. The molecule has 1 aliphatic rings. The Morgan fingerprint density at radius 1 is 0.938 bits per heavy atom. The normalized spacial score (nSPS) is 16.5. The molecule has 1 heterocycles. The molecule has 3 rings (SSSR count). The van der Waals surface area contributed by atoms with E-state index in [-0.39, 0.29) is 34.8 Å². The summed E-state index contributed by atoms with van der Waals surface area (Å²) in [6.45, 7) is 7.02. The summed E-state index contributed by atoms with van der Waals surface area (Å²) in [5.74, 6) is -0.551. The molecule has 32 heavy (non-hydrogen) atoms. The molecule has 0 saturated carbocycles. The van der Waals surface area contributed by atoms with Crippen LogP contribution in [0.4, 0.5) is 13.2 Å². The van der Waals surface area contributed by atoms with Gasteiger partial charge in [0.15, 0.2) is 0 Å². The molecule has 4 nitrogen and oxygen atoms in total. The van der Waals surface area contributed by atoms with E-state index in [9.17, 15) is 22.8 Å². The summed E-state index contributed by atoms with van der Waals surface area (Å²) in [4.78, 5) is 27.3. The third kappa shape index (κ3) is 5.69. The Kier molecular flexibility index (Phi) is 6.96. The van der Waals surface area contributed by atoms with Gasteiger partial charge in [-0.2, -0.15) is 13.2 Å². The summed E-state index contributed by atoms with van der Waals surface area (Å²) < 4.78 is 38.2. The summed E-state index contributed by atoms with van der Waals surface area (Å²) >= 11 is 0. The molecule has 0 spiro atoms. The lowest BCUT2D eigenvalue weighted by Crippen LogP contribution is -2.45. The number of carbonyl (C=O) groups excluding carboxylic acids is 2. The van der Waals surface area contributed by atoms with Crippen LogP contribution in [0, 0.1) is 11.3 Å². The topological polar surface area (TPSA) is 49.4 Å². The van der Waals surface area contributed by atoms with Crippen molar-refractivity contribution in [3.8, 4) is 0 Å². The van der Waals surface area contributed by atoms with Gasteiger partial charge >= 0.3 is 6.18 Å². The first-order chi connectivity index (χ1) is 15.0. The molecule has 2 amide bonds. The Balaban J connectivity index is 1.60. The lowest BCUT2D eigenvalue weighted by molar-refractivity contribution is -0.137. The number of likely N-dealkylation sites (tertiary alicyclic amines) is 1. The standard InChI is InChI=1S/C25H29F3N2O2/c1-24(2,3)21(17-7-5-4-6-8-17)29-22(31)18-13-15-30(16-14-18)23(32)19-9-11-20(12-10-19)25(26,27)28/h4-12,18,21H,13-16H2,1-3H3,(H,29,31). The zero-order chi connectivity index (χ0) is 23.5. The number of alkyl halides is 3. The van der Waals surface area contributed by atoms with Crippen molar-refractivity contribution in [3.05, 3.63) is 71.3 Å². The minimum absolute atomic E-state index is 0.0320. The van der Waals surface area contributed by atoms with Crippen LogP contribution in [0.5, 0.6) is 0 Å². The summed E-state index contributed by atoms with van der Waals surface area (Å²) in [7, 11) is 0. The van der Waals surface area contributed by atoms with Gasteiger partial charge in [0.2, 0.25) is 5.91 Å². The van der Waals surface area contributed by atoms with Crippen molar-refractivity contribution in [2.75, 3.05) is 13.1 Å². The molecule has 1 fully saturated rings. The van der Waals surface area contributed by atoms with Crippen LogP contribution in [-0.2, 0) is 11.0 Å². The second kappa shape index (κ2) is 9.35. The van der Waals surface area contributed by atoms with E-state index >= 15 is 0 Å². The highest BCUT2D eigenvalue weighted by atomic mass is 19.4. The van der Waals surface area contributed by atoms with E-state index < -0.39 is 11.7 Å². The van der Waals surface area contributed by atoms with Crippen molar-refractivity contribution in [2.45, 2.75) is 45.8 Å². The average Bonchev–Trinajstić information content (AvgIpc) is 2.76. The Hall–Kier alpha value is -2.83. The predicted octanol–water partition coefficient (Wildman–Crippen LogP) is 5.46. The number of nitrogens with one attached hydrogen (secondary N) is 1. The van der Waals surface area contributed by atoms with Gasteiger partial charge in [-0.1, -0.05) is 51.1 Å². The third-order valence-electron chi connectivity index (χ3n) is 5.90. The van der Waals surface area contributed by atoms with Gasteiger partial charge in [-0.25, -0.2) is 0 Å². The van der Waals surface area contributed by atoms with Crippen LogP contribution in [0.1, 0.15) is 61.1 Å². The van der Waals surface area contributed by atoms with Gasteiger partial charge in [0.1, 0.15) is 0 Å². The number of benzene rings is 2. The van der Waals surface area contributed by atoms with Gasteiger partial charge in [-0.05, 0) is 48.1 Å². The molecular formula is C25H29F3N2O2.